The molecule has 0 unspecified atom stereocenters. The molecule has 1 aliphatic heterocycles. The number of thiazole rings is 1. The molecule has 0 N–H and O–H groups in total. The number of morpholine rings is 1. The zero-order valence-corrected chi connectivity index (χ0v) is 20.4. The van der Waals surface area contributed by atoms with E-state index in [0.29, 0.717) is 21.9 Å². The number of ether oxygens (including phenoxy) is 1. The monoisotopic (exact) mass is 496 g/mol. The molecule has 1 amide bonds. The van der Waals surface area contributed by atoms with Crippen molar-refractivity contribution in [2.24, 2.45) is 0 Å². The zero-order chi connectivity index (χ0) is 23.7. The number of carbonyl (C=O) groups is 1. The minimum atomic E-state index is -0.417. The standard InChI is InChI=1S/C24H24N4O4S2/c1-16-3-5-19-21(13-16)34-24(25-19)27(8-2-7-26-9-11-32-12-10-26)23(29)22-15-17-14-18(28(30)31)4-6-20(17)33-22/h3-6,13-15H,2,7-12H2,1H3. The van der Waals surface area contributed by atoms with Crippen molar-refractivity contribution in [1.29, 1.82) is 0 Å². The minimum Gasteiger partial charge on any atom is -0.379 e. The lowest BCUT2D eigenvalue weighted by Gasteiger charge is -2.27. The molecule has 1 fully saturated rings. The van der Waals surface area contributed by atoms with Gasteiger partial charge in [-0.05, 0) is 43.2 Å². The van der Waals surface area contributed by atoms with Crippen molar-refractivity contribution in [3.05, 3.63) is 63.0 Å². The number of non-ortho nitro benzene ring substituents is 1. The van der Waals surface area contributed by atoms with Crippen LogP contribution in [0, 0.1) is 17.0 Å². The molecule has 1 saturated heterocycles. The lowest BCUT2D eigenvalue weighted by atomic mass is 10.2. The largest absolute Gasteiger partial charge is 0.379 e. The normalized spacial score (nSPS) is 14.6. The molecule has 0 saturated carbocycles. The first-order valence-electron chi connectivity index (χ1n) is 11.1. The highest BCUT2D eigenvalue weighted by Gasteiger charge is 2.24. The summed E-state index contributed by atoms with van der Waals surface area (Å²) in [6, 6.07) is 12.6. The van der Waals surface area contributed by atoms with Crippen LogP contribution < -0.4 is 4.90 Å². The average molecular weight is 497 g/mol. The Hall–Kier alpha value is -2.92. The number of thiophene rings is 1. The van der Waals surface area contributed by atoms with Gasteiger partial charge in [-0.2, -0.15) is 0 Å². The number of aromatic nitrogens is 1. The lowest BCUT2D eigenvalue weighted by molar-refractivity contribution is -0.384. The second-order valence-electron chi connectivity index (χ2n) is 8.32. The molecule has 1 aliphatic rings. The first-order chi connectivity index (χ1) is 16.5. The molecule has 0 atom stereocenters. The number of nitrogens with zero attached hydrogens (tertiary/aromatic N) is 4. The molecule has 10 heteroatoms. The predicted octanol–water partition coefficient (Wildman–Crippen LogP) is 5.10. The number of nitro groups is 1. The van der Waals surface area contributed by atoms with E-state index in [1.165, 1.54) is 34.8 Å². The van der Waals surface area contributed by atoms with Crippen LogP contribution in [-0.2, 0) is 4.74 Å². The number of amides is 1. The lowest BCUT2D eigenvalue weighted by Crippen LogP contribution is -2.39. The Morgan fingerprint density at radius 2 is 1.97 bits per heavy atom. The number of fused-ring (bicyclic) bond motifs is 2. The molecule has 0 bridgehead atoms. The Bertz CT molecular complexity index is 1360. The van der Waals surface area contributed by atoms with Crippen LogP contribution in [0.1, 0.15) is 21.7 Å². The minimum absolute atomic E-state index is 0.0215. The Morgan fingerprint density at radius 1 is 1.15 bits per heavy atom. The number of carbonyl (C=O) groups excluding carboxylic acids is 1. The first kappa shape index (κ1) is 22.9. The van der Waals surface area contributed by atoms with Gasteiger partial charge in [-0.3, -0.25) is 24.7 Å². The van der Waals surface area contributed by atoms with Gasteiger partial charge in [-0.15, -0.1) is 11.3 Å². The van der Waals surface area contributed by atoms with Crippen molar-refractivity contribution in [3.8, 4) is 0 Å². The second kappa shape index (κ2) is 9.75. The first-order valence-corrected chi connectivity index (χ1v) is 12.8. The SMILES string of the molecule is Cc1ccc2nc(N(CCCN3CCOCC3)C(=O)c3cc4cc([N+](=O)[O-])ccc4s3)sc2c1. The third-order valence-corrected chi connectivity index (χ3v) is 8.04. The second-order valence-corrected chi connectivity index (χ2v) is 10.4. The van der Waals surface area contributed by atoms with Crippen molar-refractivity contribution in [2.75, 3.05) is 44.3 Å². The number of aryl methyl sites for hydroxylation is 1. The van der Waals surface area contributed by atoms with Crippen LogP contribution in [0.15, 0.2) is 42.5 Å². The molecular weight excluding hydrogens is 472 g/mol. The molecule has 0 radical (unpaired) electrons. The van der Waals surface area contributed by atoms with Gasteiger partial charge in [0.05, 0.1) is 33.2 Å². The molecule has 176 valence electrons. The predicted molar refractivity (Wildman–Crippen MR) is 136 cm³/mol. The van der Waals surface area contributed by atoms with E-state index in [0.717, 1.165) is 59.7 Å². The number of rotatable bonds is 7. The molecule has 3 heterocycles. The van der Waals surface area contributed by atoms with Gasteiger partial charge in [-0.1, -0.05) is 17.4 Å². The van der Waals surface area contributed by atoms with E-state index in [1.54, 1.807) is 17.0 Å². The molecule has 34 heavy (non-hydrogen) atoms. The molecular formula is C24H24N4O4S2. The van der Waals surface area contributed by atoms with Crippen LogP contribution in [0.5, 0.6) is 0 Å². The fraction of sp³-hybridized carbons (Fsp3) is 0.333. The third-order valence-electron chi connectivity index (χ3n) is 5.89. The molecule has 2 aromatic heterocycles. The summed E-state index contributed by atoms with van der Waals surface area (Å²) >= 11 is 2.87. The number of benzene rings is 2. The molecule has 5 rings (SSSR count). The summed E-state index contributed by atoms with van der Waals surface area (Å²) in [5.74, 6) is -0.124. The summed E-state index contributed by atoms with van der Waals surface area (Å²) in [6.45, 7) is 6.77. The summed E-state index contributed by atoms with van der Waals surface area (Å²) in [5.41, 5.74) is 2.05. The van der Waals surface area contributed by atoms with Gasteiger partial charge in [0, 0.05) is 48.4 Å². The van der Waals surface area contributed by atoms with Gasteiger partial charge in [-0.25, -0.2) is 4.98 Å². The Morgan fingerprint density at radius 3 is 2.76 bits per heavy atom. The zero-order valence-electron chi connectivity index (χ0n) is 18.7. The van der Waals surface area contributed by atoms with Crippen LogP contribution in [0.2, 0.25) is 0 Å². The summed E-state index contributed by atoms with van der Waals surface area (Å²) < 4.78 is 7.33. The Kier molecular flexibility index (Phi) is 6.55. The maximum Gasteiger partial charge on any atom is 0.270 e. The highest BCUT2D eigenvalue weighted by atomic mass is 32.1. The third kappa shape index (κ3) is 4.80. The van der Waals surface area contributed by atoms with Crippen molar-refractivity contribution >= 4 is 59.7 Å². The average Bonchev–Trinajstić information content (AvgIpc) is 3.45. The van der Waals surface area contributed by atoms with Crippen molar-refractivity contribution in [3.63, 3.8) is 0 Å². The van der Waals surface area contributed by atoms with E-state index < -0.39 is 4.92 Å². The number of hydrogen-bond acceptors (Lipinski definition) is 8. The van der Waals surface area contributed by atoms with Crippen LogP contribution >= 0.6 is 22.7 Å². The molecule has 8 nitrogen and oxygen atoms in total. The van der Waals surface area contributed by atoms with Gasteiger partial charge >= 0.3 is 0 Å². The Balaban J connectivity index is 1.44. The van der Waals surface area contributed by atoms with Gasteiger partial charge < -0.3 is 4.74 Å². The fourth-order valence-electron chi connectivity index (χ4n) is 4.08. The van der Waals surface area contributed by atoms with E-state index in [9.17, 15) is 14.9 Å². The quantitative estimate of drug-likeness (QED) is 0.261. The van der Waals surface area contributed by atoms with E-state index in [2.05, 4.69) is 11.0 Å². The van der Waals surface area contributed by atoms with Crippen LogP contribution in [0.3, 0.4) is 0 Å². The fourth-order valence-corrected chi connectivity index (χ4v) is 6.16. The van der Waals surface area contributed by atoms with E-state index in [-0.39, 0.29) is 11.6 Å². The van der Waals surface area contributed by atoms with Crippen LogP contribution in [0.25, 0.3) is 20.3 Å². The summed E-state index contributed by atoms with van der Waals surface area (Å²) in [6.07, 6.45) is 0.817. The van der Waals surface area contributed by atoms with Crippen molar-refractivity contribution in [1.82, 2.24) is 9.88 Å². The number of nitro benzene ring substituents is 1. The molecule has 2 aromatic carbocycles. The highest BCUT2D eigenvalue weighted by molar-refractivity contribution is 7.23. The highest BCUT2D eigenvalue weighted by Crippen LogP contribution is 2.34. The Labute approximate surface area is 204 Å². The number of hydrogen-bond donors (Lipinski definition) is 0. The van der Waals surface area contributed by atoms with Crippen molar-refractivity contribution < 1.29 is 14.5 Å². The van der Waals surface area contributed by atoms with Gasteiger partial charge in [0.2, 0.25) is 0 Å². The van der Waals surface area contributed by atoms with Gasteiger partial charge in [0.25, 0.3) is 11.6 Å². The smallest absolute Gasteiger partial charge is 0.270 e. The molecule has 0 aliphatic carbocycles. The maximum atomic E-state index is 13.7. The maximum absolute atomic E-state index is 13.7. The van der Waals surface area contributed by atoms with Crippen LogP contribution in [0.4, 0.5) is 10.8 Å². The van der Waals surface area contributed by atoms with Gasteiger partial charge in [0.15, 0.2) is 5.13 Å². The summed E-state index contributed by atoms with van der Waals surface area (Å²) in [5, 5.41) is 12.5. The van der Waals surface area contributed by atoms with E-state index in [4.69, 9.17) is 9.72 Å². The molecule has 4 aromatic rings. The van der Waals surface area contributed by atoms with E-state index in [1.807, 2.05) is 19.1 Å². The number of anilines is 1. The van der Waals surface area contributed by atoms with Crippen LogP contribution in [-0.4, -0.2) is 60.1 Å². The van der Waals surface area contributed by atoms with E-state index >= 15 is 0 Å². The van der Waals surface area contributed by atoms with Gasteiger partial charge in [0.1, 0.15) is 0 Å². The summed E-state index contributed by atoms with van der Waals surface area (Å²) in [4.78, 5) is 33.9. The molecule has 0 spiro atoms. The summed E-state index contributed by atoms with van der Waals surface area (Å²) in [7, 11) is 0. The topological polar surface area (TPSA) is 88.8 Å². The van der Waals surface area contributed by atoms with Crippen molar-refractivity contribution in [2.45, 2.75) is 13.3 Å².